The van der Waals surface area contributed by atoms with E-state index in [2.05, 4.69) is 16.0 Å². The maximum atomic E-state index is 12.9. The molecule has 0 unspecified atom stereocenters. The summed E-state index contributed by atoms with van der Waals surface area (Å²) in [6.45, 7) is 7.78. The van der Waals surface area contributed by atoms with Crippen LogP contribution in [-0.2, 0) is 9.53 Å². The van der Waals surface area contributed by atoms with Crippen LogP contribution in [-0.4, -0.2) is 44.2 Å². The highest BCUT2D eigenvalue weighted by Crippen LogP contribution is 2.31. The fraction of sp³-hybridized carbons (Fsp3) is 0.579. The SMILES string of the molecule is COCC1(C(=O)Nc2cccc(C(=O)NC(C)(C)C)c2)CCNCC1.Cl. The molecule has 1 aromatic carbocycles. The lowest BCUT2D eigenvalue weighted by atomic mass is 9.78. The minimum atomic E-state index is -0.524. The van der Waals surface area contributed by atoms with Gasteiger partial charge in [0.05, 0.1) is 12.0 Å². The molecule has 0 bridgehead atoms. The van der Waals surface area contributed by atoms with Gasteiger partial charge in [0.15, 0.2) is 0 Å². The lowest BCUT2D eigenvalue weighted by Crippen LogP contribution is -2.47. The molecule has 1 saturated heterocycles. The summed E-state index contributed by atoms with van der Waals surface area (Å²) in [5, 5.41) is 9.17. The second kappa shape index (κ2) is 9.35. The monoisotopic (exact) mass is 383 g/mol. The predicted molar refractivity (Wildman–Crippen MR) is 106 cm³/mol. The summed E-state index contributed by atoms with van der Waals surface area (Å²) >= 11 is 0. The van der Waals surface area contributed by atoms with E-state index in [1.54, 1.807) is 31.4 Å². The summed E-state index contributed by atoms with van der Waals surface area (Å²) < 4.78 is 5.31. The molecule has 1 aliphatic rings. The van der Waals surface area contributed by atoms with Crippen molar-refractivity contribution in [3.05, 3.63) is 29.8 Å². The second-order valence-electron chi connectivity index (χ2n) is 7.70. The van der Waals surface area contributed by atoms with E-state index in [9.17, 15) is 9.59 Å². The van der Waals surface area contributed by atoms with Crippen molar-refractivity contribution in [2.45, 2.75) is 39.2 Å². The zero-order chi connectivity index (χ0) is 18.5. The minimum Gasteiger partial charge on any atom is -0.384 e. The van der Waals surface area contributed by atoms with Crippen LogP contribution < -0.4 is 16.0 Å². The number of benzene rings is 1. The first-order valence-electron chi connectivity index (χ1n) is 8.69. The molecule has 6 nitrogen and oxygen atoms in total. The van der Waals surface area contributed by atoms with Gasteiger partial charge >= 0.3 is 0 Å². The number of carbonyl (C=O) groups excluding carboxylic acids is 2. The molecule has 1 heterocycles. The summed E-state index contributed by atoms with van der Waals surface area (Å²) in [5.41, 5.74) is 0.317. The first-order valence-corrected chi connectivity index (χ1v) is 8.69. The maximum Gasteiger partial charge on any atom is 0.251 e. The van der Waals surface area contributed by atoms with Gasteiger partial charge in [-0.05, 0) is 64.9 Å². The van der Waals surface area contributed by atoms with Crippen LogP contribution >= 0.6 is 12.4 Å². The Labute approximate surface area is 161 Å². The van der Waals surface area contributed by atoms with E-state index >= 15 is 0 Å². The molecule has 0 atom stereocenters. The Morgan fingerprint density at radius 1 is 1.23 bits per heavy atom. The van der Waals surface area contributed by atoms with Crippen LogP contribution in [0.4, 0.5) is 5.69 Å². The Morgan fingerprint density at radius 2 is 1.88 bits per heavy atom. The van der Waals surface area contributed by atoms with Crippen molar-refractivity contribution < 1.29 is 14.3 Å². The number of hydrogen-bond acceptors (Lipinski definition) is 4. The van der Waals surface area contributed by atoms with Crippen LogP contribution in [0.2, 0.25) is 0 Å². The molecule has 2 rings (SSSR count). The van der Waals surface area contributed by atoms with Crippen molar-refractivity contribution in [3.8, 4) is 0 Å². The summed E-state index contributed by atoms with van der Waals surface area (Å²) in [4.78, 5) is 25.2. The molecule has 146 valence electrons. The number of hydrogen-bond donors (Lipinski definition) is 3. The van der Waals surface area contributed by atoms with Crippen LogP contribution in [0.15, 0.2) is 24.3 Å². The molecule has 0 aromatic heterocycles. The minimum absolute atomic E-state index is 0. The molecule has 1 aliphatic heterocycles. The number of ether oxygens (including phenoxy) is 1. The first-order chi connectivity index (χ1) is 11.8. The van der Waals surface area contributed by atoms with Crippen molar-refractivity contribution in [1.29, 1.82) is 0 Å². The molecule has 0 aliphatic carbocycles. The maximum absolute atomic E-state index is 12.9. The Balaban J connectivity index is 0.00000338. The fourth-order valence-corrected chi connectivity index (χ4v) is 3.03. The molecule has 7 heteroatoms. The average Bonchev–Trinajstić information content (AvgIpc) is 2.54. The number of methoxy groups -OCH3 is 1. The zero-order valence-electron chi connectivity index (χ0n) is 16.0. The number of carbonyl (C=O) groups is 2. The standard InChI is InChI=1S/C19H29N3O3.ClH/c1-18(2,3)22-16(23)14-6-5-7-15(12-14)21-17(24)19(13-25-4)8-10-20-11-9-19;/h5-7,12,20H,8-11,13H2,1-4H3,(H,21,24)(H,22,23);1H. The largest absolute Gasteiger partial charge is 0.384 e. The van der Waals surface area contributed by atoms with Crippen molar-refractivity contribution in [2.24, 2.45) is 5.41 Å². The highest BCUT2D eigenvalue weighted by molar-refractivity contribution is 5.99. The fourth-order valence-electron chi connectivity index (χ4n) is 3.03. The van der Waals surface area contributed by atoms with Gasteiger partial charge in [-0.3, -0.25) is 9.59 Å². The molecule has 1 aromatic rings. The number of halogens is 1. The molecular formula is C19H30ClN3O3. The Hall–Kier alpha value is -1.63. The molecular weight excluding hydrogens is 354 g/mol. The van der Waals surface area contributed by atoms with Crippen LogP contribution in [0.1, 0.15) is 44.0 Å². The third kappa shape index (κ3) is 5.97. The van der Waals surface area contributed by atoms with Crippen LogP contribution in [0.5, 0.6) is 0 Å². The van der Waals surface area contributed by atoms with Gasteiger partial charge < -0.3 is 20.7 Å². The lowest BCUT2D eigenvalue weighted by molar-refractivity contribution is -0.130. The second-order valence-corrected chi connectivity index (χ2v) is 7.70. The van der Waals surface area contributed by atoms with E-state index in [0.717, 1.165) is 25.9 Å². The zero-order valence-corrected chi connectivity index (χ0v) is 16.8. The highest BCUT2D eigenvalue weighted by atomic mass is 35.5. The van der Waals surface area contributed by atoms with E-state index in [1.165, 1.54) is 0 Å². The molecule has 2 amide bonds. The van der Waals surface area contributed by atoms with Crippen molar-refractivity contribution in [1.82, 2.24) is 10.6 Å². The van der Waals surface area contributed by atoms with Crippen LogP contribution in [0.25, 0.3) is 0 Å². The first kappa shape index (κ1) is 22.4. The summed E-state index contributed by atoms with van der Waals surface area (Å²) in [5.74, 6) is -0.207. The van der Waals surface area contributed by atoms with Gasteiger partial charge in [0, 0.05) is 23.9 Å². The number of rotatable bonds is 5. The quantitative estimate of drug-likeness (QED) is 0.730. The number of amides is 2. The average molecular weight is 384 g/mol. The summed E-state index contributed by atoms with van der Waals surface area (Å²) in [6.07, 6.45) is 1.47. The lowest BCUT2D eigenvalue weighted by Gasteiger charge is -2.35. The van der Waals surface area contributed by atoms with E-state index < -0.39 is 5.41 Å². The van der Waals surface area contributed by atoms with Crippen molar-refractivity contribution in [2.75, 3.05) is 32.1 Å². The van der Waals surface area contributed by atoms with E-state index in [0.29, 0.717) is 17.9 Å². The highest BCUT2D eigenvalue weighted by Gasteiger charge is 2.39. The van der Waals surface area contributed by atoms with E-state index in [-0.39, 0.29) is 29.8 Å². The van der Waals surface area contributed by atoms with Crippen LogP contribution in [0, 0.1) is 5.41 Å². The van der Waals surface area contributed by atoms with Gasteiger partial charge in [-0.2, -0.15) is 0 Å². The topological polar surface area (TPSA) is 79.5 Å². The van der Waals surface area contributed by atoms with Crippen molar-refractivity contribution in [3.63, 3.8) is 0 Å². The third-order valence-corrected chi connectivity index (χ3v) is 4.33. The predicted octanol–water partition coefficient (Wildman–Crippen LogP) is 2.59. The van der Waals surface area contributed by atoms with Gasteiger partial charge in [0.2, 0.25) is 5.91 Å². The van der Waals surface area contributed by atoms with Gasteiger partial charge in [0.25, 0.3) is 5.91 Å². The van der Waals surface area contributed by atoms with Gasteiger partial charge in [-0.25, -0.2) is 0 Å². The molecule has 0 radical (unpaired) electrons. The van der Waals surface area contributed by atoms with Crippen LogP contribution in [0.3, 0.4) is 0 Å². The number of piperidine rings is 1. The Morgan fingerprint density at radius 3 is 2.46 bits per heavy atom. The third-order valence-electron chi connectivity index (χ3n) is 4.33. The summed E-state index contributed by atoms with van der Waals surface area (Å²) in [7, 11) is 1.62. The van der Waals surface area contributed by atoms with E-state index in [4.69, 9.17) is 4.74 Å². The molecule has 0 saturated carbocycles. The van der Waals surface area contributed by atoms with Crippen molar-refractivity contribution >= 4 is 29.9 Å². The van der Waals surface area contributed by atoms with Gasteiger partial charge in [0.1, 0.15) is 0 Å². The number of nitrogens with one attached hydrogen (secondary N) is 3. The smallest absolute Gasteiger partial charge is 0.251 e. The summed E-state index contributed by atoms with van der Waals surface area (Å²) in [6, 6.07) is 7.03. The normalized spacial score (nSPS) is 16.3. The molecule has 3 N–H and O–H groups in total. The van der Waals surface area contributed by atoms with Gasteiger partial charge in [-0.1, -0.05) is 6.07 Å². The molecule has 26 heavy (non-hydrogen) atoms. The Bertz CT molecular complexity index is 617. The number of anilines is 1. The molecule has 0 spiro atoms. The van der Waals surface area contributed by atoms with E-state index in [1.807, 2.05) is 20.8 Å². The van der Waals surface area contributed by atoms with Gasteiger partial charge in [-0.15, -0.1) is 12.4 Å². The Kier molecular flexibility index (Phi) is 8.06. The molecule has 1 fully saturated rings.